The molecule has 1 saturated heterocycles. The van der Waals surface area contributed by atoms with E-state index in [1.54, 1.807) is 6.26 Å². The molecule has 2 rings (SSSR count). The SMILES string of the molecule is CCNC(CCC1CCCO1)c1ccco1. The summed E-state index contributed by atoms with van der Waals surface area (Å²) in [5.74, 6) is 1.04. The quantitative estimate of drug-likeness (QED) is 0.805. The van der Waals surface area contributed by atoms with Crippen molar-refractivity contribution in [2.45, 2.75) is 44.8 Å². The number of hydrogen-bond acceptors (Lipinski definition) is 3. The normalized spacial score (nSPS) is 22.4. The fourth-order valence-corrected chi connectivity index (χ4v) is 2.31. The highest BCUT2D eigenvalue weighted by atomic mass is 16.5. The van der Waals surface area contributed by atoms with Crippen molar-refractivity contribution >= 4 is 0 Å². The second-order valence-electron chi connectivity index (χ2n) is 4.34. The van der Waals surface area contributed by atoms with E-state index in [9.17, 15) is 0 Å². The van der Waals surface area contributed by atoms with Gasteiger partial charge in [-0.3, -0.25) is 0 Å². The highest BCUT2D eigenvalue weighted by Gasteiger charge is 2.19. The van der Waals surface area contributed by atoms with Gasteiger partial charge in [-0.25, -0.2) is 0 Å². The number of ether oxygens (including phenoxy) is 1. The van der Waals surface area contributed by atoms with Gasteiger partial charge < -0.3 is 14.5 Å². The van der Waals surface area contributed by atoms with E-state index >= 15 is 0 Å². The van der Waals surface area contributed by atoms with Gasteiger partial charge >= 0.3 is 0 Å². The Balaban J connectivity index is 1.82. The van der Waals surface area contributed by atoms with Crippen LogP contribution >= 0.6 is 0 Å². The van der Waals surface area contributed by atoms with Gasteiger partial charge in [0.05, 0.1) is 18.4 Å². The maximum Gasteiger partial charge on any atom is 0.120 e. The molecule has 1 aliphatic rings. The van der Waals surface area contributed by atoms with Gasteiger partial charge in [0, 0.05) is 6.61 Å². The molecule has 16 heavy (non-hydrogen) atoms. The van der Waals surface area contributed by atoms with Crippen LogP contribution in [0.25, 0.3) is 0 Å². The third-order valence-corrected chi connectivity index (χ3v) is 3.14. The lowest BCUT2D eigenvalue weighted by Gasteiger charge is -2.17. The summed E-state index contributed by atoms with van der Waals surface area (Å²) in [7, 11) is 0. The van der Waals surface area contributed by atoms with Crippen LogP contribution in [0, 0.1) is 0 Å². The van der Waals surface area contributed by atoms with Crippen LogP contribution in [0.5, 0.6) is 0 Å². The molecule has 2 heterocycles. The van der Waals surface area contributed by atoms with E-state index in [0.717, 1.165) is 31.8 Å². The van der Waals surface area contributed by atoms with E-state index in [1.165, 1.54) is 12.8 Å². The van der Waals surface area contributed by atoms with Crippen molar-refractivity contribution in [3.8, 4) is 0 Å². The van der Waals surface area contributed by atoms with Crippen molar-refractivity contribution in [1.82, 2.24) is 5.32 Å². The van der Waals surface area contributed by atoms with Gasteiger partial charge in [-0.1, -0.05) is 6.92 Å². The highest BCUT2D eigenvalue weighted by Crippen LogP contribution is 2.24. The van der Waals surface area contributed by atoms with Crippen LogP contribution in [0.15, 0.2) is 22.8 Å². The first kappa shape index (κ1) is 11.7. The summed E-state index contributed by atoms with van der Waals surface area (Å²) >= 11 is 0. The van der Waals surface area contributed by atoms with Crippen LogP contribution in [0.2, 0.25) is 0 Å². The Bertz CT molecular complexity index is 278. The van der Waals surface area contributed by atoms with Crippen LogP contribution < -0.4 is 5.32 Å². The van der Waals surface area contributed by atoms with Crippen molar-refractivity contribution in [3.63, 3.8) is 0 Å². The number of rotatable bonds is 6. The zero-order chi connectivity index (χ0) is 11.2. The largest absolute Gasteiger partial charge is 0.468 e. The van der Waals surface area contributed by atoms with Crippen molar-refractivity contribution in [2.24, 2.45) is 0 Å². The van der Waals surface area contributed by atoms with Gasteiger partial charge in [0.1, 0.15) is 5.76 Å². The first-order valence-electron chi connectivity index (χ1n) is 6.28. The molecule has 0 radical (unpaired) electrons. The van der Waals surface area contributed by atoms with E-state index in [2.05, 4.69) is 12.2 Å². The zero-order valence-corrected chi connectivity index (χ0v) is 9.95. The summed E-state index contributed by atoms with van der Waals surface area (Å²) in [6.45, 7) is 4.04. The molecule has 90 valence electrons. The number of nitrogens with one attached hydrogen (secondary N) is 1. The minimum Gasteiger partial charge on any atom is -0.468 e. The molecule has 0 aromatic carbocycles. The summed E-state index contributed by atoms with van der Waals surface area (Å²) in [5.41, 5.74) is 0. The predicted molar refractivity (Wildman–Crippen MR) is 63.3 cm³/mol. The monoisotopic (exact) mass is 223 g/mol. The van der Waals surface area contributed by atoms with Crippen molar-refractivity contribution in [3.05, 3.63) is 24.2 Å². The lowest BCUT2D eigenvalue weighted by atomic mass is 10.0. The third-order valence-electron chi connectivity index (χ3n) is 3.14. The molecule has 2 unspecified atom stereocenters. The van der Waals surface area contributed by atoms with Crippen molar-refractivity contribution < 1.29 is 9.15 Å². The summed E-state index contributed by atoms with van der Waals surface area (Å²) in [5, 5.41) is 3.46. The molecule has 0 saturated carbocycles. The molecule has 2 atom stereocenters. The minimum atomic E-state index is 0.337. The average molecular weight is 223 g/mol. The Hall–Kier alpha value is -0.800. The molecule has 3 nitrogen and oxygen atoms in total. The second-order valence-corrected chi connectivity index (χ2v) is 4.34. The lowest BCUT2D eigenvalue weighted by Crippen LogP contribution is -2.22. The number of furan rings is 1. The molecule has 0 spiro atoms. The molecule has 0 bridgehead atoms. The second kappa shape index (κ2) is 6.06. The maximum atomic E-state index is 5.64. The Labute approximate surface area is 97.2 Å². The molecule has 3 heteroatoms. The van der Waals surface area contributed by atoms with Gasteiger partial charge in [-0.2, -0.15) is 0 Å². The van der Waals surface area contributed by atoms with Crippen molar-refractivity contribution in [2.75, 3.05) is 13.2 Å². The summed E-state index contributed by atoms with van der Waals surface area (Å²) in [4.78, 5) is 0. The molecular formula is C13H21NO2. The van der Waals surface area contributed by atoms with E-state index in [1.807, 2.05) is 12.1 Å². The van der Waals surface area contributed by atoms with E-state index < -0.39 is 0 Å². The summed E-state index contributed by atoms with van der Waals surface area (Å²) in [6, 6.07) is 4.33. The molecule has 1 fully saturated rings. The predicted octanol–water partition coefficient (Wildman–Crippen LogP) is 2.89. The maximum absolute atomic E-state index is 5.64. The van der Waals surface area contributed by atoms with Crippen LogP contribution in [0.3, 0.4) is 0 Å². The highest BCUT2D eigenvalue weighted by molar-refractivity contribution is 5.04. The van der Waals surface area contributed by atoms with Gasteiger partial charge in [0.15, 0.2) is 0 Å². The topological polar surface area (TPSA) is 34.4 Å². The van der Waals surface area contributed by atoms with Crippen molar-refractivity contribution in [1.29, 1.82) is 0 Å². The standard InChI is InChI=1S/C13H21NO2/c1-2-14-12(13-6-4-10-16-13)8-7-11-5-3-9-15-11/h4,6,10-12,14H,2-3,5,7-9H2,1H3. The van der Waals surface area contributed by atoms with Crippen LogP contribution in [0.1, 0.15) is 44.4 Å². The molecule has 0 aliphatic carbocycles. The van der Waals surface area contributed by atoms with Gasteiger partial charge in [0.2, 0.25) is 0 Å². The average Bonchev–Trinajstić information content (AvgIpc) is 2.96. The van der Waals surface area contributed by atoms with E-state index in [4.69, 9.17) is 9.15 Å². The Morgan fingerprint density at radius 2 is 2.50 bits per heavy atom. The first-order chi connectivity index (χ1) is 7.90. The van der Waals surface area contributed by atoms with Gasteiger partial charge in [-0.15, -0.1) is 0 Å². The Kier molecular flexibility index (Phi) is 4.43. The molecule has 0 amide bonds. The smallest absolute Gasteiger partial charge is 0.120 e. The van der Waals surface area contributed by atoms with Gasteiger partial charge in [-0.05, 0) is 44.4 Å². The van der Waals surface area contributed by atoms with Crippen LogP contribution in [-0.4, -0.2) is 19.3 Å². The van der Waals surface area contributed by atoms with E-state index in [-0.39, 0.29) is 0 Å². The first-order valence-corrected chi connectivity index (χ1v) is 6.28. The van der Waals surface area contributed by atoms with Crippen LogP contribution in [-0.2, 0) is 4.74 Å². The molecule has 1 aliphatic heterocycles. The fraction of sp³-hybridized carbons (Fsp3) is 0.692. The lowest BCUT2D eigenvalue weighted by molar-refractivity contribution is 0.0989. The van der Waals surface area contributed by atoms with Crippen LogP contribution in [0.4, 0.5) is 0 Å². The van der Waals surface area contributed by atoms with E-state index in [0.29, 0.717) is 12.1 Å². The summed E-state index contributed by atoms with van der Waals surface area (Å²) in [6.07, 6.45) is 6.86. The fourth-order valence-electron chi connectivity index (χ4n) is 2.31. The molecule has 1 N–H and O–H groups in total. The summed E-state index contributed by atoms with van der Waals surface area (Å²) < 4.78 is 11.1. The molecular weight excluding hydrogens is 202 g/mol. The third kappa shape index (κ3) is 3.09. The molecule has 1 aromatic heterocycles. The number of hydrogen-bond donors (Lipinski definition) is 1. The Morgan fingerprint density at radius 1 is 1.56 bits per heavy atom. The Morgan fingerprint density at radius 3 is 3.12 bits per heavy atom. The molecule has 1 aromatic rings. The van der Waals surface area contributed by atoms with Gasteiger partial charge in [0.25, 0.3) is 0 Å². The minimum absolute atomic E-state index is 0.337. The zero-order valence-electron chi connectivity index (χ0n) is 9.95.